The molecule has 84 valence electrons. The molecule has 0 aliphatic carbocycles. The van der Waals surface area contributed by atoms with E-state index in [1.165, 1.54) is 0 Å². The summed E-state index contributed by atoms with van der Waals surface area (Å²) in [4.78, 5) is 3.10. The van der Waals surface area contributed by atoms with Gasteiger partial charge in [-0.25, -0.2) is 22.2 Å². The van der Waals surface area contributed by atoms with E-state index in [1.807, 2.05) is 0 Å². The summed E-state index contributed by atoms with van der Waals surface area (Å²) in [6.07, 6.45) is -2.41. The highest BCUT2D eigenvalue weighted by molar-refractivity contribution is 8.13. The number of aromatic nitrogens is 1. The number of anilines is 1. The molecule has 1 aromatic heterocycles. The van der Waals surface area contributed by atoms with E-state index in [4.69, 9.17) is 16.4 Å². The van der Waals surface area contributed by atoms with Crippen molar-refractivity contribution in [2.45, 2.75) is 11.5 Å². The van der Waals surface area contributed by atoms with Crippen molar-refractivity contribution in [2.75, 3.05) is 5.73 Å². The first-order chi connectivity index (χ1) is 6.75. The van der Waals surface area contributed by atoms with Crippen LogP contribution in [0.3, 0.4) is 0 Å². The Hall–Kier alpha value is -1.15. The Balaban J connectivity index is 3.48. The molecule has 0 unspecified atom stereocenters. The lowest BCUT2D eigenvalue weighted by Crippen LogP contribution is -2.03. The molecule has 5 nitrogen and oxygen atoms in total. The highest BCUT2D eigenvalue weighted by Gasteiger charge is 2.24. The molecule has 0 saturated heterocycles. The quantitative estimate of drug-likeness (QED) is 0.779. The number of aromatic hydroxyl groups is 1. The van der Waals surface area contributed by atoms with Crippen LogP contribution in [0, 0.1) is 0 Å². The zero-order chi connectivity index (χ0) is 11.8. The minimum Gasteiger partial charge on any atom is -0.503 e. The van der Waals surface area contributed by atoms with Crippen LogP contribution in [0.4, 0.5) is 14.5 Å². The van der Waals surface area contributed by atoms with Crippen molar-refractivity contribution in [1.29, 1.82) is 0 Å². The smallest absolute Gasteiger partial charge is 0.282 e. The number of hydrogen-bond donors (Lipinski definition) is 2. The standard InChI is InChI=1S/C6H5ClF2N2O3S/c7-15(13,14)6-4(12)3(10)2(1-11-6)5(8)9/h1,5,12H,(H2,10,11). The minimum atomic E-state index is -4.31. The molecule has 0 atom stereocenters. The first-order valence-electron chi connectivity index (χ1n) is 3.45. The summed E-state index contributed by atoms with van der Waals surface area (Å²) < 4.78 is 46.0. The molecular weight excluding hydrogens is 254 g/mol. The fraction of sp³-hybridized carbons (Fsp3) is 0.167. The van der Waals surface area contributed by atoms with Crippen molar-refractivity contribution in [2.24, 2.45) is 0 Å². The molecule has 0 amide bonds. The third-order valence-electron chi connectivity index (χ3n) is 1.56. The second-order valence-electron chi connectivity index (χ2n) is 2.52. The topological polar surface area (TPSA) is 93.3 Å². The van der Waals surface area contributed by atoms with Crippen LogP contribution in [0.2, 0.25) is 0 Å². The first kappa shape index (κ1) is 11.9. The fourth-order valence-electron chi connectivity index (χ4n) is 0.863. The van der Waals surface area contributed by atoms with E-state index in [1.54, 1.807) is 0 Å². The number of halogens is 3. The molecule has 1 aromatic rings. The van der Waals surface area contributed by atoms with Crippen LogP contribution >= 0.6 is 10.7 Å². The summed E-state index contributed by atoms with van der Waals surface area (Å²) in [5.74, 6) is -1.07. The van der Waals surface area contributed by atoms with Gasteiger partial charge in [0.05, 0.1) is 11.3 Å². The van der Waals surface area contributed by atoms with Crippen molar-refractivity contribution < 1.29 is 22.3 Å². The summed E-state index contributed by atoms with van der Waals surface area (Å²) in [6.45, 7) is 0. The van der Waals surface area contributed by atoms with Crippen LogP contribution in [0.25, 0.3) is 0 Å². The molecular formula is C6H5ClF2N2O3S. The largest absolute Gasteiger partial charge is 0.503 e. The maximum atomic E-state index is 12.2. The van der Waals surface area contributed by atoms with Crippen molar-refractivity contribution in [3.8, 4) is 5.75 Å². The van der Waals surface area contributed by atoms with Gasteiger partial charge in [-0.05, 0) is 0 Å². The van der Waals surface area contributed by atoms with Gasteiger partial charge in [-0.2, -0.15) is 0 Å². The van der Waals surface area contributed by atoms with E-state index in [0.717, 1.165) is 0 Å². The van der Waals surface area contributed by atoms with Gasteiger partial charge in [-0.3, -0.25) is 0 Å². The maximum Gasteiger partial charge on any atom is 0.282 e. The molecule has 0 radical (unpaired) electrons. The van der Waals surface area contributed by atoms with E-state index < -0.39 is 37.5 Å². The zero-order valence-electron chi connectivity index (χ0n) is 6.99. The molecule has 9 heteroatoms. The number of nitrogen functional groups attached to an aromatic ring is 1. The van der Waals surface area contributed by atoms with Gasteiger partial charge in [0.1, 0.15) is 0 Å². The zero-order valence-corrected chi connectivity index (χ0v) is 8.56. The molecule has 0 aliphatic heterocycles. The predicted molar refractivity (Wildman–Crippen MR) is 48.3 cm³/mol. The molecule has 3 N–H and O–H groups in total. The molecule has 0 saturated carbocycles. The SMILES string of the molecule is Nc1c(C(F)F)cnc(S(=O)(=O)Cl)c1O. The molecule has 1 rings (SSSR count). The third kappa shape index (κ3) is 2.26. The Morgan fingerprint density at radius 3 is 2.47 bits per heavy atom. The Kier molecular flexibility index (Phi) is 3.00. The molecule has 0 bridgehead atoms. The number of hydrogen-bond acceptors (Lipinski definition) is 5. The van der Waals surface area contributed by atoms with Crippen LogP contribution < -0.4 is 5.73 Å². The number of pyridine rings is 1. The highest BCUT2D eigenvalue weighted by Crippen LogP contribution is 2.35. The number of nitrogens with zero attached hydrogens (tertiary/aromatic N) is 1. The lowest BCUT2D eigenvalue weighted by molar-refractivity contribution is 0.151. The van der Waals surface area contributed by atoms with Crippen LogP contribution in [0.5, 0.6) is 5.75 Å². The van der Waals surface area contributed by atoms with Gasteiger partial charge in [-0.1, -0.05) is 0 Å². The Bertz CT molecular complexity index is 491. The summed E-state index contributed by atoms with van der Waals surface area (Å²) in [6, 6.07) is 0. The Morgan fingerprint density at radius 1 is 1.53 bits per heavy atom. The van der Waals surface area contributed by atoms with Crippen molar-refractivity contribution in [1.82, 2.24) is 4.98 Å². The lowest BCUT2D eigenvalue weighted by Gasteiger charge is -2.07. The molecule has 0 fully saturated rings. The van der Waals surface area contributed by atoms with Crippen LogP contribution in [0.15, 0.2) is 11.2 Å². The van der Waals surface area contributed by atoms with E-state index in [9.17, 15) is 22.3 Å². The van der Waals surface area contributed by atoms with Gasteiger partial charge < -0.3 is 10.8 Å². The highest BCUT2D eigenvalue weighted by atomic mass is 35.7. The second-order valence-corrected chi connectivity index (χ2v) is 5.00. The predicted octanol–water partition coefficient (Wildman–Crippen LogP) is 1.23. The van der Waals surface area contributed by atoms with Crippen molar-refractivity contribution in [3.63, 3.8) is 0 Å². The normalized spacial score (nSPS) is 12.0. The van der Waals surface area contributed by atoms with Gasteiger partial charge in [0.2, 0.25) is 5.03 Å². The molecule has 0 aliphatic rings. The molecule has 0 spiro atoms. The van der Waals surface area contributed by atoms with Crippen LogP contribution in [0.1, 0.15) is 12.0 Å². The third-order valence-corrected chi connectivity index (χ3v) is 2.75. The van der Waals surface area contributed by atoms with Crippen LogP contribution in [-0.4, -0.2) is 18.5 Å². The number of nitrogens with two attached hydrogens (primary N) is 1. The average Bonchev–Trinajstić information content (AvgIpc) is 2.06. The van der Waals surface area contributed by atoms with E-state index in [-0.39, 0.29) is 0 Å². The average molecular weight is 259 g/mol. The number of alkyl halides is 2. The first-order valence-corrected chi connectivity index (χ1v) is 5.76. The minimum absolute atomic E-state index is 0.551. The Morgan fingerprint density at radius 2 is 2.07 bits per heavy atom. The fourth-order valence-corrected chi connectivity index (χ4v) is 1.72. The molecule has 0 aromatic carbocycles. The monoisotopic (exact) mass is 258 g/mol. The van der Waals surface area contributed by atoms with Gasteiger partial charge in [0, 0.05) is 16.9 Å². The van der Waals surface area contributed by atoms with Crippen molar-refractivity contribution in [3.05, 3.63) is 11.8 Å². The Labute approximate surface area is 87.9 Å². The summed E-state index contributed by atoms with van der Waals surface area (Å²) in [7, 11) is 0.562. The second kappa shape index (κ2) is 3.78. The van der Waals surface area contributed by atoms with Crippen molar-refractivity contribution >= 4 is 25.4 Å². The van der Waals surface area contributed by atoms with Crippen LogP contribution in [-0.2, 0) is 9.05 Å². The maximum absolute atomic E-state index is 12.2. The summed E-state index contributed by atoms with van der Waals surface area (Å²) in [5, 5.41) is 8.24. The lowest BCUT2D eigenvalue weighted by atomic mass is 10.2. The van der Waals surface area contributed by atoms with Gasteiger partial charge in [0.15, 0.2) is 5.75 Å². The van der Waals surface area contributed by atoms with E-state index >= 15 is 0 Å². The summed E-state index contributed by atoms with van der Waals surface area (Å²) >= 11 is 0. The van der Waals surface area contributed by atoms with Gasteiger partial charge in [-0.15, -0.1) is 0 Å². The van der Waals surface area contributed by atoms with E-state index in [2.05, 4.69) is 4.98 Å². The van der Waals surface area contributed by atoms with Gasteiger partial charge >= 0.3 is 0 Å². The number of rotatable bonds is 2. The molecule has 15 heavy (non-hydrogen) atoms. The summed E-state index contributed by atoms with van der Waals surface area (Å²) in [5.41, 5.74) is 3.58. The molecule has 1 heterocycles. The van der Waals surface area contributed by atoms with Gasteiger partial charge in [0.25, 0.3) is 15.5 Å². The van der Waals surface area contributed by atoms with E-state index in [0.29, 0.717) is 6.20 Å².